The molecule has 2 heteroatoms. The molecule has 3 aromatic rings. The highest BCUT2D eigenvalue weighted by atomic mass is 16.5. The van der Waals surface area contributed by atoms with Crippen LogP contribution in [-0.4, -0.2) is 6.61 Å². The number of hydrogen-bond acceptors (Lipinski definition) is 2. The summed E-state index contributed by atoms with van der Waals surface area (Å²) in [7, 11) is 0. The second-order valence-corrected chi connectivity index (χ2v) is 6.18. The number of benzene rings is 3. The molecule has 0 aromatic heterocycles. The van der Waals surface area contributed by atoms with Crippen LogP contribution in [0, 0.1) is 0 Å². The van der Waals surface area contributed by atoms with Gasteiger partial charge in [-0.25, -0.2) is 0 Å². The zero-order valence-electron chi connectivity index (χ0n) is 13.2. The van der Waals surface area contributed by atoms with Gasteiger partial charge in [0.2, 0.25) is 0 Å². The first-order chi connectivity index (χ1) is 11.9. The van der Waals surface area contributed by atoms with Crippen molar-refractivity contribution < 1.29 is 9.47 Å². The molecule has 0 unspecified atom stereocenters. The largest absolute Gasteiger partial charge is 0.489 e. The van der Waals surface area contributed by atoms with E-state index in [1.807, 2.05) is 18.2 Å². The van der Waals surface area contributed by atoms with Crippen LogP contribution >= 0.6 is 0 Å². The zero-order valence-corrected chi connectivity index (χ0v) is 13.2. The van der Waals surface area contributed by atoms with E-state index in [0.717, 1.165) is 29.2 Å². The summed E-state index contributed by atoms with van der Waals surface area (Å²) in [4.78, 5) is 0. The monoisotopic (exact) mass is 312 g/mol. The van der Waals surface area contributed by atoms with Crippen LogP contribution in [0.25, 0.3) is 17.2 Å². The van der Waals surface area contributed by atoms with Crippen molar-refractivity contribution in [1.82, 2.24) is 0 Å². The van der Waals surface area contributed by atoms with Crippen molar-refractivity contribution in [1.29, 1.82) is 0 Å². The van der Waals surface area contributed by atoms with E-state index >= 15 is 0 Å². The van der Waals surface area contributed by atoms with Gasteiger partial charge in [-0.1, -0.05) is 36.4 Å². The molecule has 2 aliphatic heterocycles. The van der Waals surface area contributed by atoms with Crippen molar-refractivity contribution in [3.05, 3.63) is 83.4 Å². The zero-order chi connectivity index (χ0) is 15.9. The summed E-state index contributed by atoms with van der Waals surface area (Å²) >= 11 is 0. The lowest BCUT2D eigenvalue weighted by Gasteiger charge is -2.21. The van der Waals surface area contributed by atoms with Crippen LogP contribution in [0.1, 0.15) is 16.7 Å². The molecule has 0 saturated heterocycles. The van der Waals surface area contributed by atoms with Gasteiger partial charge in [0, 0.05) is 12.0 Å². The van der Waals surface area contributed by atoms with Crippen molar-refractivity contribution in [3.8, 4) is 28.4 Å². The average Bonchev–Trinajstić information content (AvgIpc) is 2.65. The van der Waals surface area contributed by atoms with Crippen LogP contribution in [0.4, 0.5) is 0 Å². The van der Waals surface area contributed by atoms with E-state index in [9.17, 15) is 0 Å². The topological polar surface area (TPSA) is 18.5 Å². The molecule has 5 rings (SSSR count). The summed E-state index contributed by atoms with van der Waals surface area (Å²) in [6.07, 6.45) is 5.08. The number of rotatable bonds is 1. The molecule has 2 heterocycles. The average molecular weight is 312 g/mol. The van der Waals surface area contributed by atoms with E-state index in [2.05, 4.69) is 54.6 Å². The predicted octanol–water partition coefficient (Wildman–Crippen LogP) is 5.46. The second-order valence-electron chi connectivity index (χ2n) is 6.18. The molecule has 0 bridgehead atoms. The van der Waals surface area contributed by atoms with Gasteiger partial charge in [0.1, 0.15) is 23.9 Å². The van der Waals surface area contributed by atoms with Crippen LogP contribution in [0.5, 0.6) is 17.2 Å². The third-order valence-corrected chi connectivity index (χ3v) is 4.61. The van der Waals surface area contributed by atoms with E-state index in [4.69, 9.17) is 9.47 Å². The fourth-order valence-corrected chi connectivity index (χ4v) is 3.37. The van der Waals surface area contributed by atoms with Gasteiger partial charge in [-0.05, 0) is 58.7 Å². The normalized spacial score (nSPS) is 14.0. The minimum absolute atomic E-state index is 0.655. The van der Waals surface area contributed by atoms with Gasteiger partial charge < -0.3 is 9.47 Å². The standard InChI is InChI=1S/C22H16O2/c1-2-6-21-18(4-1)14-19-13-16(8-10-22(19)24-21)15-7-9-20-17(12-15)5-3-11-23-20/h1-10,12-13H,11,14H2. The maximum atomic E-state index is 6.03. The minimum atomic E-state index is 0.655. The summed E-state index contributed by atoms with van der Waals surface area (Å²) < 4.78 is 11.7. The van der Waals surface area contributed by atoms with Crippen molar-refractivity contribution in [3.63, 3.8) is 0 Å². The van der Waals surface area contributed by atoms with Gasteiger partial charge in [0.25, 0.3) is 0 Å². The lowest BCUT2D eigenvalue weighted by molar-refractivity contribution is 0.358. The fraction of sp³-hybridized carbons (Fsp3) is 0.0909. The molecule has 0 amide bonds. The lowest BCUT2D eigenvalue weighted by atomic mass is 9.95. The maximum Gasteiger partial charge on any atom is 0.131 e. The molecule has 0 radical (unpaired) electrons. The lowest BCUT2D eigenvalue weighted by Crippen LogP contribution is -2.03. The first-order valence-corrected chi connectivity index (χ1v) is 8.19. The molecule has 0 fully saturated rings. The molecule has 3 aromatic carbocycles. The van der Waals surface area contributed by atoms with Crippen LogP contribution in [0.2, 0.25) is 0 Å². The molecule has 2 aliphatic rings. The van der Waals surface area contributed by atoms with Gasteiger partial charge >= 0.3 is 0 Å². The van der Waals surface area contributed by atoms with Crippen LogP contribution in [0.3, 0.4) is 0 Å². The summed E-state index contributed by atoms with van der Waals surface area (Å²) in [5.74, 6) is 2.88. The van der Waals surface area contributed by atoms with E-state index in [1.54, 1.807) is 0 Å². The Balaban J connectivity index is 1.55. The summed E-state index contributed by atoms with van der Waals surface area (Å²) in [5, 5.41) is 0. The number of ether oxygens (including phenoxy) is 2. The maximum absolute atomic E-state index is 6.03. The third-order valence-electron chi connectivity index (χ3n) is 4.61. The van der Waals surface area contributed by atoms with E-state index < -0.39 is 0 Å². The number of fused-ring (bicyclic) bond motifs is 3. The van der Waals surface area contributed by atoms with Crippen molar-refractivity contribution in [2.45, 2.75) is 6.42 Å². The molecule has 0 atom stereocenters. The Bertz CT molecular complexity index is 969. The smallest absolute Gasteiger partial charge is 0.131 e. The highest BCUT2D eigenvalue weighted by Gasteiger charge is 2.17. The second kappa shape index (κ2) is 5.27. The van der Waals surface area contributed by atoms with Gasteiger partial charge in [0.15, 0.2) is 0 Å². The molecule has 0 N–H and O–H groups in total. The Labute approximate surface area is 141 Å². The van der Waals surface area contributed by atoms with Crippen LogP contribution in [0.15, 0.2) is 66.7 Å². The molecule has 0 spiro atoms. The van der Waals surface area contributed by atoms with Crippen molar-refractivity contribution >= 4 is 6.08 Å². The third kappa shape index (κ3) is 2.19. The minimum Gasteiger partial charge on any atom is -0.489 e. The molecule has 0 saturated carbocycles. The van der Waals surface area contributed by atoms with E-state index in [0.29, 0.717) is 6.61 Å². The molecular weight excluding hydrogens is 296 g/mol. The Kier molecular flexibility index (Phi) is 2.95. The first-order valence-electron chi connectivity index (χ1n) is 8.19. The van der Waals surface area contributed by atoms with E-state index in [-0.39, 0.29) is 0 Å². The van der Waals surface area contributed by atoms with Gasteiger partial charge in [0.05, 0.1) is 0 Å². The number of hydrogen-bond donors (Lipinski definition) is 0. The molecular formula is C22H16O2. The first kappa shape index (κ1) is 13.4. The SMILES string of the molecule is C1=Cc2cc(-c3ccc4c(c3)Cc3ccccc3O4)ccc2OC1. The fourth-order valence-electron chi connectivity index (χ4n) is 3.37. The Morgan fingerprint density at radius 2 is 1.50 bits per heavy atom. The molecule has 2 nitrogen and oxygen atoms in total. The van der Waals surface area contributed by atoms with Crippen molar-refractivity contribution in [2.75, 3.05) is 6.61 Å². The quantitative estimate of drug-likeness (QED) is 0.465. The summed E-state index contributed by atoms with van der Waals surface area (Å²) in [6.45, 7) is 0.655. The van der Waals surface area contributed by atoms with Crippen molar-refractivity contribution in [2.24, 2.45) is 0 Å². The Morgan fingerprint density at radius 1 is 0.708 bits per heavy atom. The molecule has 24 heavy (non-hydrogen) atoms. The molecule has 0 aliphatic carbocycles. The Hall–Kier alpha value is -3.00. The van der Waals surface area contributed by atoms with Gasteiger partial charge in [-0.15, -0.1) is 0 Å². The predicted molar refractivity (Wildman–Crippen MR) is 95.7 cm³/mol. The van der Waals surface area contributed by atoms with Crippen LogP contribution in [-0.2, 0) is 6.42 Å². The van der Waals surface area contributed by atoms with Crippen LogP contribution < -0.4 is 9.47 Å². The number of para-hydroxylation sites is 1. The van der Waals surface area contributed by atoms with Gasteiger partial charge in [-0.3, -0.25) is 0 Å². The van der Waals surface area contributed by atoms with Gasteiger partial charge in [-0.2, -0.15) is 0 Å². The highest BCUT2D eigenvalue weighted by molar-refractivity contribution is 5.73. The van der Waals surface area contributed by atoms with E-state index in [1.165, 1.54) is 22.3 Å². The molecule has 116 valence electrons. The summed E-state index contributed by atoms with van der Waals surface area (Å²) in [5.41, 5.74) is 6.02. The highest BCUT2D eigenvalue weighted by Crippen LogP contribution is 2.39. The Morgan fingerprint density at radius 3 is 2.46 bits per heavy atom. The summed E-state index contributed by atoms with van der Waals surface area (Å²) in [6, 6.07) is 21.0.